The molecule has 0 aliphatic rings. The number of amides is 2. The van der Waals surface area contributed by atoms with Crippen LogP contribution in [-0.4, -0.2) is 50.5 Å². The summed E-state index contributed by atoms with van der Waals surface area (Å²) in [5.74, 6) is -0.804. The zero-order chi connectivity index (χ0) is 23.9. The summed E-state index contributed by atoms with van der Waals surface area (Å²) >= 11 is 9.31. The zero-order valence-corrected chi connectivity index (χ0v) is 21.4. The van der Waals surface area contributed by atoms with E-state index in [4.69, 9.17) is 11.6 Å². The van der Waals surface area contributed by atoms with Crippen LogP contribution in [0.3, 0.4) is 0 Å². The number of carbonyl (C=O) groups excluding carboxylic acids is 2. The number of sulfonamides is 1. The van der Waals surface area contributed by atoms with Crippen molar-refractivity contribution < 1.29 is 18.0 Å². The van der Waals surface area contributed by atoms with Crippen LogP contribution in [0.25, 0.3) is 0 Å². The minimum absolute atomic E-state index is 0.129. The number of halogens is 2. The molecule has 0 fully saturated rings. The van der Waals surface area contributed by atoms with Crippen molar-refractivity contribution in [2.45, 2.75) is 32.9 Å². The summed E-state index contributed by atoms with van der Waals surface area (Å²) in [5, 5.41) is 3.35. The molecule has 32 heavy (non-hydrogen) atoms. The number of hydrogen-bond acceptors (Lipinski definition) is 4. The van der Waals surface area contributed by atoms with Crippen LogP contribution >= 0.6 is 27.5 Å². The van der Waals surface area contributed by atoms with E-state index in [9.17, 15) is 18.0 Å². The topological polar surface area (TPSA) is 86.8 Å². The van der Waals surface area contributed by atoms with Crippen LogP contribution in [0.5, 0.6) is 0 Å². The van der Waals surface area contributed by atoms with Crippen molar-refractivity contribution >= 4 is 55.1 Å². The summed E-state index contributed by atoms with van der Waals surface area (Å²) < 4.78 is 26.6. The first kappa shape index (κ1) is 26.2. The average Bonchev–Trinajstić information content (AvgIpc) is 2.74. The van der Waals surface area contributed by atoms with Crippen LogP contribution in [0, 0.1) is 0 Å². The van der Waals surface area contributed by atoms with E-state index in [1.807, 2.05) is 6.92 Å². The predicted octanol–water partition coefficient (Wildman–Crippen LogP) is 3.81. The summed E-state index contributed by atoms with van der Waals surface area (Å²) in [6.45, 7) is 3.73. The number of hydrogen-bond donors (Lipinski definition) is 1. The van der Waals surface area contributed by atoms with Gasteiger partial charge in [-0.25, -0.2) is 8.42 Å². The molecular formula is C22H27BrClN3O4S. The maximum Gasteiger partial charge on any atom is 0.244 e. The van der Waals surface area contributed by atoms with Crippen LogP contribution in [0.4, 0.5) is 5.69 Å². The highest BCUT2D eigenvalue weighted by molar-refractivity contribution is 9.10. The van der Waals surface area contributed by atoms with Gasteiger partial charge in [0, 0.05) is 22.6 Å². The zero-order valence-electron chi connectivity index (χ0n) is 18.2. The Balaban J connectivity index is 2.37. The Morgan fingerprint density at radius 2 is 1.75 bits per heavy atom. The van der Waals surface area contributed by atoms with Gasteiger partial charge in [0.2, 0.25) is 21.8 Å². The maximum atomic E-state index is 13.4. The Morgan fingerprint density at radius 1 is 1.12 bits per heavy atom. The number of rotatable bonds is 10. The van der Waals surface area contributed by atoms with Crippen molar-refractivity contribution in [1.29, 1.82) is 0 Å². The van der Waals surface area contributed by atoms with Gasteiger partial charge in [-0.3, -0.25) is 13.9 Å². The van der Waals surface area contributed by atoms with Crippen LogP contribution in [0.1, 0.15) is 25.8 Å². The Bertz CT molecular complexity index is 1050. The first-order chi connectivity index (χ1) is 15.0. The third-order valence-corrected chi connectivity index (χ3v) is 6.83. The largest absolute Gasteiger partial charge is 0.354 e. The number of anilines is 1. The number of para-hydroxylation sites is 1. The van der Waals surface area contributed by atoms with E-state index in [1.165, 1.54) is 4.90 Å². The normalized spacial score (nSPS) is 12.2. The monoisotopic (exact) mass is 543 g/mol. The second-order valence-electron chi connectivity index (χ2n) is 7.34. The van der Waals surface area contributed by atoms with E-state index in [0.717, 1.165) is 22.5 Å². The molecule has 2 aromatic rings. The lowest BCUT2D eigenvalue weighted by atomic mass is 10.1. The molecule has 0 radical (unpaired) electrons. The molecule has 1 atom stereocenters. The molecule has 0 saturated heterocycles. The quantitative estimate of drug-likeness (QED) is 0.493. The van der Waals surface area contributed by atoms with Crippen molar-refractivity contribution in [1.82, 2.24) is 10.2 Å². The molecule has 0 saturated carbocycles. The number of nitrogens with zero attached hydrogens (tertiary/aromatic N) is 2. The number of benzene rings is 2. The Labute approximate surface area is 202 Å². The van der Waals surface area contributed by atoms with Crippen molar-refractivity contribution in [3.63, 3.8) is 0 Å². The molecule has 0 aliphatic carbocycles. The minimum atomic E-state index is -3.77. The highest BCUT2D eigenvalue weighted by Crippen LogP contribution is 2.28. The highest BCUT2D eigenvalue weighted by Gasteiger charge is 2.30. The second-order valence-corrected chi connectivity index (χ2v) is 10.5. The highest BCUT2D eigenvalue weighted by atomic mass is 79.9. The van der Waals surface area contributed by atoms with Gasteiger partial charge in [-0.2, -0.15) is 0 Å². The molecule has 0 bridgehead atoms. The van der Waals surface area contributed by atoms with Gasteiger partial charge < -0.3 is 10.2 Å². The SMILES string of the molecule is CCCNC(=O)[C@H](C)N(Cc1ccc(Cl)cc1)C(=O)CN(c1ccccc1Br)S(C)(=O)=O. The van der Waals surface area contributed by atoms with E-state index in [1.54, 1.807) is 55.5 Å². The second kappa shape index (κ2) is 11.7. The van der Waals surface area contributed by atoms with E-state index in [-0.39, 0.29) is 12.5 Å². The molecule has 2 aromatic carbocycles. The van der Waals surface area contributed by atoms with E-state index in [2.05, 4.69) is 21.2 Å². The van der Waals surface area contributed by atoms with Crippen LogP contribution < -0.4 is 9.62 Å². The molecule has 7 nitrogen and oxygen atoms in total. The van der Waals surface area contributed by atoms with Crippen LogP contribution in [-0.2, 0) is 26.2 Å². The van der Waals surface area contributed by atoms with Gasteiger partial charge in [0.15, 0.2) is 0 Å². The third-order valence-electron chi connectivity index (χ3n) is 4.78. The smallest absolute Gasteiger partial charge is 0.244 e. The standard InChI is InChI=1S/C22H27BrClN3O4S/c1-4-13-25-22(29)16(2)26(14-17-9-11-18(24)12-10-17)21(28)15-27(32(3,30)31)20-8-6-5-7-19(20)23/h5-12,16H,4,13-15H2,1-3H3,(H,25,29)/t16-/m0/s1. The van der Waals surface area contributed by atoms with Gasteiger partial charge >= 0.3 is 0 Å². The molecule has 2 amide bonds. The lowest BCUT2D eigenvalue weighted by Crippen LogP contribution is -2.51. The average molecular weight is 545 g/mol. The summed E-state index contributed by atoms with van der Waals surface area (Å²) in [6, 6.07) is 12.9. The molecule has 0 aromatic heterocycles. The van der Waals surface area contributed by atoms with Crippen LogP contribution in [0.2, 0.25) is 5.02 Å². The van der Waals surface area contributed by atoms with Gasteiger partial charge in [-0.05, 0) is 59.1 Å². The Hall–Kier alpha value is -2.10. The summed E-state index contributed by atoms with van der Waals surface area (Å²) in [5.41, 5.74) is 1.11. The summed E-state index contributed by atoms with van der Waals surface area (Å²) in [7, 11) is -3.77. The molecule has 2 rings (SSSR count). The first-order valence-electron chi connectivity index (χ1n) is 10.1. The molecule has 0 heterocycles. The lowest BCUT2D eigenvalue weighted by Gasteiger charge is -2.31. The third kappa shape index (κ3) is 7.21. The maximum absolute atomic E-state index is 13.4. The minimum Gasteiger partial charge on any atom is -0.354 e. The van der Waals surface area contributed by atoms with Gasteiger partial charge in [-0.1, -0.05) is 42.8 Å². The summed E-state index contributed by atoms with van der Waals surface area (Å²) in [4.78, 5) is 27.4. The van der Waals surface area contributed by atoms with Crippen molar-refractivity contribution in [2.75, 3.05) is 23.7 Å². The number of nitrogens with one attached hydrogen (secondary N) is 1. The molecule has 0 unspecified atom stereocenters. The molecule has 0 aliphatic heterocycles. The van der Waals surface area contributed by atoms with Crippen molar-refractivity contribution in [3.05, 3.63) is 63.6 Å². The first-order valence-corrected chi connectivity index (χ1v) is 13.1. The molecule has 1 N–H and O–H groups in total. The Morgan fingerprint density at radius 3 is 2.31 bits per heavy atom. The fourth-order valence-corrected chi connectivity index (χ4v) is 4.62. The van der Waals surface area contributed by atoms with Gasteiger partial charge in [0.05, 0.1) is 11.9 Å². The van der Waals surface area contributed by atoms with E-state index >= 15 is 0 Å². The summed E-state index contributed by atoms with van der Waals surface area (Å²) in [6.07, 6.45) is 1.80. The van der Waals surface area contributed by atoms with Crippen molar-refractivity contribution in [3.8, 4) is 0 Å². The van der Waals surface area contributed by atoms with Gasteiger partial charge in [0.1, 0.15) is 12.6 Å². The Kier molecular flexibility index (Phi) is 9.54. The van der Waals surface area contributed by atoms with E-state index in [0.29, 0.717) is 21.7 Å². The van der Waals surface area contributed by atoms with Gasteiger partial charge in [-0.15, -0.1) is 0 Å². The van der Waals surface area contributed by atoms with Gasteiger partial charge in [0.25, 0.3) is 0 Å². The van der Waals surface area contributed by atoms with Crippen molar-refractivity contribution in [2.24, 2.45) is 0 Å². The fraction of sp³-hybridized carbons (Fsp3) is 0.364. The predicted molar refractivity (Wildman–Crippen MR) is 131 cm³/mol. The number of carbonyl (C=O) groups is 2. The van der Waals surface area contributed by atoms with Crippen LogP contribution in [0.15, 0.2) is 53.0 Å². The molecule has 10 heteroatoms. The molecule has 174 valence electrons. The van der Waals surface area contributed by atoms with E-state index < -0.39 is 28.5 Å². The lowest BCUT2D eigenvalue weighted by molar-refractivity contribution is -0.139. The fourth-order valence-electron chi connectivity index (χ4n) is 3.01. The molecule has 0 spiro atoms. The molecular weight excluding hydrogens is 518 g/mol.